The van der Waals surface area contributed by atoms with Crippen molar-refractivity contribution in [2.24, 2.45) is 7.05 Å². The average Bonchev–Trinajstić information content (AvgIpc) is 2.84. The highest BCUT2D eigenvalue weighted by Crippen LogP contribution is 2.13. The number of carboxylic acids is 1. The summed E-state index contributed by atoms with van der Waals surface area (Å²) in [5.41, 5.74) is 1.81. The number of nitrogens with one attached hydrogen (secondary N) is 1. The average molecular weight is 290 g/mol. The second kappa shape index (κ2) is 6.34. The third-order valence-corrected chi connectivity index (χ3v) is 3.32. The van der Waals surface area contributed by atoms with Crippen LogP contribution >= 0.6 is 0 Å². The second-order valence-corrected chi connectivity index (χ2v) is 4.92. The molecule has 0 saturated heterocycles. The van der Waals surface area contributed by atoms with Crippen LogP contribution in [0.1, 0.15) is 36.5 Å². The van der Waals surface area contributed by atoms with Gasteiger partial charge in [-0.1, -0.05) is 25.0 Å². The molecule has 1 amide bonds. The van der Waals surface area contributed by atoms with Crippen LogP contribution in [-0.2, 0) is 11.8 Å². The summed E-state index contributed by atoms with van der Waals surface area (Å²) in [6, 6.07) is 4.10. The van der Waals surface area contributed by atoms with Gasteiger partial charge in [-0.2, -0.15) is 0 Å². The number of unbranched alkanes of at least 4 members (excludes halogenated alkanes) is 1. The van der Waals surface area contributed by atoms with E-state index in [-0.39, 0.29) is 0 Å². The van der Waals surface area contributed by atoms with Gasteiger partial charge in [-0.15, -0.1) is 5.10 Å². The minimum Gasteiger partial charge on any atom is -0.480 e. The van der Waals surface area contributed by atoms with Crippen molar-refractivity contribution in [2.75, 3.05) is 0 Å². The van der Waals surface area contributed by atoms with E-state index in [0.717, 1.165) is 18.4 Å². The van der Waals surface area contributed by atoms with Crippen LogP contribution in [0.25, 0.3) is 11.0 Å². The summed E-state index contributed by atoms with van der Waals surface area (Å²) < 4.78 is 1.57. The topological polar surface area (TPSA) is 97.1 Å². The van der Waals surface area contributed by atoms with E-state index in [1.165, 1.54) is 0 Å². The molecule has 112 valence electrons. The lowest BCUT2D eigenvalue weighted by atomic mass is 10.1. The Labute approximate surface area is 121 Å². The predicted octanol–water partition coefficient (Wildman–Crippen LogP) is 1.34. The van der Waals surface area contributed by atoms with Crippen molar-refractivity contribution in [3.63, 3.8) is 0 Å². The van der Waals surface area contributed by atoms with Gasteiger partial charge in [-0.3, -0.25) is 4.79 Å². The highest BCUT2D eigenvalue weighted by molar-refractivity contribution is 5.99. The molecule has 1 aromatic heterocycles. The zero-order valence-electron chi connectivity index (χ0n) is 12.0. The van der Waals surface area contributed by atoms with Crippen molar-refractivity contribution in [3.8, 4) is 0 Å². The van der Waals surface area contributed by atoms with Crippen molar-refractivity contribution in [2.45, 2.75) is 32.2 Å². The first-order chi connectivity index (χ1) is 10.0. The van der Waals surface area contributed by atoms with Crippen molar-refractivity contribution >= 4 is 22.9 Å². The third-order valence-electron chi connectivity index (χ3n) is 3.32. The molecule has 1 heterocycles. The van der Waals surface area contributed by atoms with Gasteiger partial charge >= 0.3 is 5.97 Å². The Morgan fingerprint density at radius 2 is 2.19 bits per heavy atom. The molecule has 21 heavy (non-hydrogen) atoms. The van der Waals surface area contributed by atoms with Crippen molar-refractivity contribution < 1.29 is 14.7 Å². The lowest BCUT2D eigenvalue weighted by Crippen LogP contribution is -2.40. The number of aryl methyl sites for hydroxylation is 1. The molecule has 0 fully saturated rings. The fourth-order valence-electron chi connectivity index (χ4n) is 2.08. The molecular formula is C14H18N4O3. The van der Waals surface area contributed by atoms with E-state index in [0.29, 0.717) is 17.5 Å². The van der Waals surface area contributed by atoms with E-state index in [2.05, 4.69) is 15.6 Å². The van der Waals surface area contributed by atoms with E-state index in [9.17, 15) is 9.59 Å². The summed E-state index contributed by atoms with van der Waals surface area (Å²) in [7, 11) is 1.73. The number of nitrogens with zero attached hydrogens (tertiary/aromatic N) is 3. The first-order valence-corrected chi connectivity index (χ1v) is 6.86. The molecule has 2 rings (SSSR count). The summed E-state index contributed by atoms with van der Waals surface area (Å²) >= 11 is 0. The normalized spacial score (nSPS) is 12.3. The maximum absolute atomic E-state index is 12.2. The van der Waals surface area contributed by atoms with Gasteiger partial charge in [-0.25, -0.2) is 9.48 Å². The lowest BCUT2D eigenvalue weighted by Gasteiger charge is -2.14. The van der Waals surface area contributed by atoms with Crippen LogP contribution in [0.4, 0.5) is 0 Å². The summed E-state index contributed by atoms with van der Waals surface area (Å²) in [4.78, 5) is 23.3. The predicted molar refractivity (Wildman–Crippen MR) is 76.9 cm³/mol. The Morgan fingerprint density at radius 1 is 1.43 bits per heavy atom. The molecule has 7 nitrogen and oxygen atoms in total. The van der Waals surface area contributed by atoms with Crippen molar-refractivity contribution in [3.05, 3.63) is 23.8 Å². The zero-order chi connectivity index (χ0) is 15.4. The largest absolute Gasteiger partial charge is 0.480 e. The molecule has 0 saturated carbocycles. The molecule has 0 unspecified atom stereocenters. The Morgan fingerprint density at radius 3 is 2.86 bits per heavy atom. The molecule has 0 radical (unpaired) electrons. The Kier molecular flexibility index (Phi) is 4.52. The first kappa shape index (κ1) is 15.0. The quantitative estimate of drug-likeness (QED) is 0.836. The van der Waals surface area contributed by atoms with Crippen molar-refractivity contribution in [1.82, 2.24) is 20.3 Å². The molecule has 7 heteroatoms. The van der Waals surface area contributed by atoms with Gasteiger partial charge in [0, 0.05) is 12.6 Å². The van der Waals surface area contributed by atoms with Gasteiger partial charge in [0.15, 0.2) is 0 Å². The number of carboxylic acid groups (broad SMARTS) is 1. The number of hydrogen-bond donors (Lipinski definition) is 2. The number of hydrogen-bond acceptors (Lipinski definition) is 4. The van der Waals surface area contributed by atoms with Crippen LogP contribution in [0.15, 0.2) is 18.2 Å². The second-order valence-electron chi connectivity index (χ2n) is 4.92. The molecule has 0 aliphatic heterocycles. The van der Waals surface area contributed by atoms with Gasteiger partial charge in [0.2, 0.25) is 0 Å². The smallest absolute Gasteiger partial charge is 0.326 e. The minimum atomic E-state index is -1.01. The number of aliphatic carboxylic acids is 1. The van der Waals surface area contributed by atoms with E-state index < -0.39 is 17.9 Å². The zero-order valence-corrected chi connectivity index (χ0v) is 12.0. The maximum Gasteiger partial charge on any atom is 0.326 e. The van der Waals surface area contributed by atoms with Gasteiger partial charge in [0.05, 0.1) is 5.52 Å². The van der Waals surface area contributed by atoms with Gasteiger partial charge in [0.1, 0.15) is 11.6 Å². The van der Waals surface area contributed by atoms with Crippen LogP contribution in [-0.4, -0.2) is 38.0 Å². The highest BCUT2D eigenvalue weighted by Gasteiger charge is 2.20. The van der Waals surface area contributed by atoms with Gasteiger partial charge in [0.25, 0.3) is 5.91 Å². The SMILES string of the molecule is CCCC[C@H](NC(=O)c1ccc2nnn(C)c2c1)C(=O)O. The molecule has 1 aromatic carbocycles. The number of amides is 1. The molecule has 2 aromatic rings. The Balaban J connectivity index is 2.16. The van der Waals surface area contributed by atoms with Gasteiger partial charge in [-0.05, 0) is 24.6 Å². The molecule has 0 spiro atoms. The summed E-state index contributed by atoms with van der Waals surface area (Å²) in [5, 5.41) is 19.5. The van der Waals surface area contributed by atoms with E-state index in [4.69, 9.17) is 5.11 Å². The maximum atomic E-state index is 12.2. The summed E-state index contributed by atoms with van der Waals surface area (Å²) in [5.74, 6) is -1.42. The van der Waals surface area contributed by atoms with Crippen LogP contribution in [0.2, 0.25) is 0 Å². The van der Waals surface area contributed by atoms with Crippen LogP contribution in [0, 0.1) is 0 Å². The lowest BCUT2D eigenvalue weighted by molar-refractivity contribution is -0.139. The van der Waals surface area contributed by atoms with E-state index in [1.54, 1.807) is 29.9 Å². The number of carbonyl (C=O) groups excluding carboxylic acids is 1. The fourth-order valence-corrected chi connectivity index (χ4v) is 2.08. The monoisotopic (exact) mass is 290 g/mol. The summed E-state index contributed by atoms with van der Waals surface area (Å²) in [6.45, 7) is 1.98. The third kappa shape index (κ3) is 3.36. The molecule has 2 N–H and O–H groups in total. The van der Waals surface area contributed by atoms with Crippen LogP contribution in [0.3, 0.4) is 0 Å². The van der Waals surface area contributed by atoms with Gasteiger partial charge < -0.3 is 10.4 Å². The summed E-state index contributed by atoms with van der Waals surface area (Å²) in [6.07, 6.45) is 2.06. The molecule has 1 atom stereocenters. The minimum absolute atomic E-state index is 0.399. The number of benzene rings is 1. The van der Waals surface area contributed by atoms with Crippen LogP contribution in [0.5, 0.6) is 0 Å². The number of carbonyl (C=O) groups is 2. The Hall–Kier alpha value is -2.44. The molecule has 0 aliphatic carbocycles. The number of aromatic nitrogens is 3. The molecular weight excluding hydrogens is 272 g/mol. The number of rotatable bonds is 6. The molecule has 0 bridgehead atoms. The fraction of sp³-hybridized carbons (Fsp3) is 0.429. The van der Waals surface area contributed by atoms with Crippen LogP contribution < -0.4 is 5.32 Å². The van der Waals surface area contributed by atoms with E-state index >= 15 is 0 Å². The highest BCUT2D eigenvalue weighted by atomic mass is 16.4. The standard InChI is InChI=1S/C14H18N4O3/c1-3-4-5-11(14(20)21)15-13(19)9-6-7-10-12(8-9)18(2)17-16-10/h6-8,11H,3-5H2,1-2H3,(H,15,19)(H,20,21)/t11-/m0/s1. The van der Waals surface area contributed by atoms with Crippen molar-refractivity contribution in [1.29, 1.82) is 0 Å². The molecule has 0 aliphatic rings. The Bertz CT molecular complexity index is 665. The first-order valence-electron chi connectivity index (χ1n) is 6.86. The number of fused-ring (bicyclic) bond motifs is 1. The van der Waals surface area contributed by atoms with E-state index in [1.807, 2.05) is 6.92 Å².